The van der Waals surface area contributed by atoms with Crippen molar-refractivity contribution in [1.29, 1.82) is 0 Å². The molecule has 4 N–H and O–H groups in total. The third-order valence-electron chi connectivity index (χ3n) is 3.60. The molecular weight excluding hydrogens is 292 g/mol. The van der Waals surface area contributed by atoms with Crippen LogP contribution in [0.25, 0.3) is 0 Å². The molecule has 23 heavy (non-hydrogen) atoms. The number of nitrogens with zero attached hydrogens (tertiary/aromatic N) is 1. The van der Waals surface area contributed by atoms with Crippen LogP contribution in [0.3, 0.4) is 0 Å². The van der Waals surface area contributed by atoms with E-state index in [9.17, 15) is 9.59 Å². The number of hydrogen-bond donors (Lipinski definition) is 3. The lowest BCUT2D eigenvalue weighted by Crippen LogP contribution is -2.45. The molecule has 128 valence electrons. The van der Waals surface area contributed by atoms with Crippen LogP contribution in [-0.2, 0) is 4.79 Å². The Balaban J connectivity index is 2.52. The summed E-state index contributed by atoms with van der Waals surface area (Å²) in [6.07, 6.45) is 0. The van der Waals surface area contributed by atoms with Crippen molar-refractivity contribution in [2.45, 2.75) is 33.2 Å². The summed E-state index contributed by atoms with van der Waals surface area (Å²) < 4.78 is 0. The van der Waals surface area contributed by atoms with Crippen LogP contribution >= 0.6 is 0 Å². The number of hydrogen-bond acceptors (Lipinski definition) is 4. The Labute approximate surface area is 138 Å². The van der Waals surface area contributed by atoms with Gasteiger partial charge in [0.1, 0.15) is 0 Å². The Morgan fingerprint density at radius 2 is 1.70 bits per heavy atom. The molecular formula is C17H28N4O2. The maximum Gasteiger partial charge on any atom is 0.251 e. The fourth-order valence-corrected chi connectivity index (χ4v) is 1.97. The standard InChI is InChI=1S/C17H28N4O2/c1-5-21(6-2)12-11-19-15(22)13-7-9-14(10-8-13)20-16(23)17(3,4)18/h7-10H,5-6,11-12,18H2,1-4H3,(H,19,22)(H,20,23). The van der Waals surface area contributed by atoms with E-state index in [2.05, 4.69) is 29.4 Å². The Kier molecular flexibility index (Phi) is 7.19. The summed E-state index contributed by atoms with van der Waals surface area (Å²) in [5.41, 5.74) is 5.97. The van der Waals surface area contributed by atoms with Crippen molar-refractivity contribution in [3.63, 3.8) is 0 Å². The molecule has 0 saturated carbocycles. The summed E-state index contributed by atoms with van der Waals surface area (Å²) in [5.74, 6) is -0.386. The average molecular weight is 320 g/mol. The summed E-state index contributed by atoms with van der Waals surface area (Å²) in [5, 5.41) is 5.61. The Hall–Kier alpha value is -1.92. The highest BCUT2D eigenvalue weighted by Crippen LogP contribution is 2.11. The zero-order chi connectivity index (χ0) is 17.5. The van der Waals surface area contributed by atoms with Crippen molar-refractivity contribution >= 4 is 17.5 Å². The van der Waals surface area contributed by atoms with Gasteiger partial charge in [-0.15, -0.1) is 0 Å². The lowest BCUT2D eigenvalue weighted by atomic mass is 10.1. The van der Waals surface area contributed by atoms with Gasteiger partial charge in [-0.3, -0.25) is 9.59 Å². The number of amides is 2. The SMILES string of the molecule is CCN(CC)CCNC(=O)c1ccc(NC(=O)C(C)(C)N)cc1. The second-order valence-electron chi connectivity index (χ2n) is 6.04. The molecule has 0 fully saturated rings. The number of anilines is 1. The van der Waals surface area contributed by atoms with Crippen molar-refractivity contribution < 1.29 is 9.59 Å². The van der Waals surface area contributed by atoms with Gasteiger partial charge >= 0.3 is 0 Å². The van der Waals surface area contributed by atoms with E-state index >= 15 is 0 Å². The number of nitrogens with two attached hydrogens (primary N) is 1. The first-order valence-electron chi connectivity index (χ1n) is 7.98. The number of benzene rings is 1. The summed E-state index contributed by atoms with van der Waals surface area (Å²) >= 11 is 0. The number of carbonyl (C=O) groups excluding carboxylic acids is 2. The van der Waals surface area contributed by atoms with Crippen LogP contribution in [0.15, 0.2) is 24.3 Å². The third kappa shape index (κ3) is 6.38. The number of rotatable bonds is 8. The molecule has 0 bridgehead atoms. The van der Waals surface area contributed by atoms with Crippen LogP contribution in [0.5, 0.6) is 0 Å². The highest BCUT2D eigenvalue weighted by molar-refractivity contribution is 5.98. The molecule has 0 atom stereocenters. The van der Waals surface area contributed by atoms with Gasteiger partial charge in [-0.2, -0.15) is 0 Å². The maximum atomic E-state index is 12.1. The molecule has 1 aromatic rings. The van der Waals surface area contributed by atoms with Gasteiger partial charge in [-0.1, -0.05) is 13.8 Å². The molecule has 0 heterocycles. The minimum Gasteiger partial charge on any atom is -0.351 e. The molecule has 0 unspecified atom stereocenters. The van der Waals surface area contributed by atoms with Crippen molar-refractivity contribution in [1.82, 2.24) is 10.2 Å². The van der Waals surface area contributed by atoms with Gasteiger partial charge in [0.2, 0.25) is 5.91 Å². The molecule has 0 aliphatic carbocycles. The lowest BCUT2D eigenvalue weighted by Gasteiger charge is -2.18. The topological polar surface area (TPSA) is 87.5 Å². The van der Waals surface area contributed by atoms with Crippen LogP contribution in [0.1, 0.15) is 38.1 Å². The monoisotopic (exact) mass is 320 g/mol. The van der Waals surface area contributed by atoms with Crippen LogP contribution in [0.2, 0.25) is 0 Å². The average Bonchev–Trinajstić information content (AvgIpc) is 2.51. The van der Waals surface area contributed by atoms with Gasteiger partial charge in [-0.25, -0.2) is 0 Å². The quantitative estimate of drug-likeness (QED) is 0.676. The van der Waals surface area contributed by atoms with Crippen molar-refractivity contribution in [2.24, 2.45) is 5.73 Å². The largest absolute Gasteiger partial charge is 0.351 e. The summed E-state index contributed by atoms with van der Waals surface area (Å²) in [6.45, 7) is 10.9. The van der Waals surface area contributed by atoms with Crippen molar-refractivity contribution in [2.75, 3.05) is 31.5 Å². The van der Waals surface area contributed by atoms with Crippen LogP contribution in [0, 0.1) is 0 Å². The molecule has 0 aromatic heterocycles. The molecule has 6 heteroatoms. The molecule has 1 aromatic carbocycles. The van der Waals surface area contributed by atoms with E-state index in [0.717, 1.165) is 19.6 Å². The van der Waals surface area contributed by atoms with Crippen LogP contribution < -0.4 is 16.4 Å². The second-order valence-corrected chi connectivity index (χ2v) is 6.04. The number of nitrogens with one attached hydrogen (secondary N) is 2. The van der Waals surface area contributed by atoms with E-state index < -0.39 is 5.54 Å². The third-order valence-corrected chi connectivity index (χ3v) is 3.60. The first-order valence-corrected chi connectivity index (χ1v) is 7.98. The fourth-order valence-electron chi connectivity index (χ4n) is 1.97. The predicted octanol–water partition coefficient (Wildman–Crippen LogP) is 1.43. The summed E-state index contributed by atoms with van der Waals surface area (Å²) in [7, 11) is 0. The molecule has 2 amide bonds. The van der Waals surface area contributed by atoms with Crippen LogP contribution in [-0.4, -0.2) is 48.4 Å². The van der Waals surface area contributed by atoms with Crippen molar-refractivity contribution in [3.05, 3.63) is 29.8 Å². The van der Waals surface area contributed by atoms with Gasteiger partial charge in [0, 0.05) is 24.3 Å². The van der Waals surface area contributed by atoms with Gasteiger partial charge in [0.15, 0.2) is 0 Å². The summed E-state index contributed by atoms with van der Waals surface area (Å²) in [4.78, 5) is 26.1. The summed E-state index contributed by atoms with van der Waals surface area (Å²) in [6, 6.07) is 6.77. The van der Waals surface area contributed by atoms with Crippen molar-refractivity contribution in [3.8, 4) is 0 Å². The van der Waals surface area contributed by atoms with Crippen LogP contribution in [0.4, 0.5) is 5.69 Å². The molecule has 0 aliphatic rings. The minimum atomic E-state index is -0.944. The molecule has 0 aliphatic heterocycles. The van der Waals surface area contributed by atoms with Gasteiger partial charge in [0.25, 0.3) is 5.91 Å². The lowest BCUT2D eigenvalue weighted by molar-refractivity contribution is -0.120. The van der Waals surface area contributed by atoms with E-state index in [4.69, 9.17) is 5.73 Å². The molecule has 0 radical (unpaired) electrons. The van der Waals surface area contributed by atoms with E-state index in [1.165, 1.54) is 0 Å². The Morgan fingerprint density at radius 3 is 2.17 bits per heavy atom. The zero-order valence-electron chi connectivity index (χ0n) is 14.5. The molecule has 1 rings (SSSR count). The Bertz CT molecular complexity index is 516. The highest BCUT2D eigenvalue weighted by Gasteiger charge is 2.21. The van der Waals surface area contributed by atoms with Gasteiger partial charge in [0.05, 0.1) is 5.54 Å². The van der Waals surface area contributed by atoms with E-state index in [1.54, 1.807) is 38.1 Å². The predicted molar refractivity (Wildman–Crippen MR) is 93.5 cm³/mol. The highest BCUT2D eigenvalue weighted by atomic mass is 16.2. The van der Waals surface area contributed by atoms with E-state index in [-0.39, 0.29) is 11.8 Å². The first-order chi connectivity index (χ1) is 10.8. The molecule has 0 spiro atoms. The zero-order valence-corrected chi connectivity index (χ0v) is 14.5. The van der Waals surface area contributed by atoms with Gasteiger partial charge < -0.3 is 21.3 Å². The van der Waals surface area contributed by atoms with Gasteiger partial charge in [-0.05, 0) is 51.2 Å². The molecule has 6 nitrogen and oxygen atoms in total. The first kappa shape index (κ1) is 19.1. The van der Waals surface area contributed by atoms with E-state index in [1.807, 2.05) is 0 Å². The Morgan fingerprint density at radius 1 is 1.13 bits per heavy atom. The minimum absolute atomic E-state index is 0.116. The van der Waals surface area contributed by atoms with E-state index in [0.29, 0.717) is 17.8 Å². The number of likely N-dealkylation sites (N-methyl/N-ethyl adjacent to an activating group) is 1. The maximum absolute atomic E-state index is 12.1. The molecule has 0 saturated heterocycles. The smallest absolute Gasteiger partial charge is 0.251 e. The second kappa shape index (κ2) is 8.64. The number of carbonyl (C=O) groups is 2. The normalized spacial score (nSPS) is 11.4. The fraction of sp³-hybridized carbons (Fsp3) is 0.529.